The van der Waals surface area contributed by atoms with Crippen molar-refractivity contribution in [1.29, 1.82) is 0 Å². The van der Waals surface area contributed by atoms with Gasteiger partial charge in [-0.1, -0.05) is 60.7 Å². The molecular formula is C28H26N2O4. The first-order valence-corrected chi connectivity index (χ1v) is 11.1. The van der Waals surface area contributed by atoms with E-state index in [0.29, 0.717) is 24.9 Å². The molecule has 0 spiro atoms. The molecule has 2 amide bonds. The Morgan fingerprint density at radius 3 is 2.26 bits per heavy atom. The van der Waals surface area contributed by atoms with E-state index in [1.807, 2.05) is 84.9 Å². The molecule has 0 aromatic heterocycles. The number of aliphatic hydroxyl groups excluding tert-OH is 1. The summed E-state index contributed by atoms with van der Waals surface area (Å²) in [5.41, 5.74) is 4.81. The van der Waals surface area contributed by atoms with Crippen LogP contribution in [0.15, 0.2) is 84.9 Å². The molecule has 4 aromatic carbocycles. The summed E-state index contributed by atoms with van der Waals surface area (Å²) in [4.78, 5) is 23.7. The van der Waals surface area contributed by atoms with Crippen LogP contribution < -0.4 is 10.6 Å². The summed E-state index contributed by atoms with van der Waals surface area (Å²) in [5.74, 6) is -0.0730. The molecule has 0 aliphatic rings. The van der Waals surface area contributed by atoms with Crippen LogP contribution in [0.5, 0.6) is 0 Å². The zero-order valence-corrected chi connectivity index (χ0v) is 18.6. The number of amides is 2. The molecule has 0 fully saturated rings. The smallest absolute Gasteiger partial charge is 0.409 e. The van der Waals surface area contributed by atoms with Crippen molar-refractivity contribution < 1.29 is 19.8 Å². The minimum atomic E-state index is -1.11. The molecule has 4 aromatic rings. The lowest BCUT2D eigenvalue weighted by Gasteiger charge is -2.12. The van der Waals surface area contributed by atoms with E-state index >= 15 is 0 Å². The number of hydrogen-bond acceptors (Lipinski definition) is 3. The van der Waals surface area contributed by atoms with Gasteiger partial charge in [0.15, 0.2) is 0 Å². The van der Waals surface area contributed by atoms with Crippen molar-refractivity contribution in [3.63, 3.8) is 0 Å². The van der Waals surface area contributed by atoms with Gasteiger partial charge in [0, 0.05) is 17.7 Å². The first-order chi connectivity index (χ1) is 16.5. The molecule has 6 heteroatoms. The van der Waals surface area contributed by atoms with Gasteiger partial charge in [-0.05, 0) is 64.6 Å². The molecule has 0 bridgehead atoms. The zero-order valence-electron chi connectivity index (χ0n) is 18.6. The van der Waals surface area contributed by atoms with E-state index in [-0.39, 0.29) is 12.5 Å². The van der Waals surface area contributed by atoms with Crippen LogP contribution in [0.3, 0.4) is 0 Å². The minimum absolute atomic E-state index is 0.00271. The third-order valence-electron chi connectivity index (χ3n) is 5.65. The molecule has 4 rings (SSSR count). The fourth-order valence-electron chi connectivity index (χ4n) is 3.98. The third kappa shape index (κ3) is 5.79. The number of aryl methyl sites for hydroxylation is 1. The van der Waals surface area contributed by atoms with Crippen LogP contribution >= 0.6 is 0 Å². The molecule has 0 saturated carbocycles. The Morgan fingerprint density at radius 2 is 1.50 bits per heavy atom. The number of benzene rings is 4. The maximum absolute atomic E-state index is 12.5. The largest absolute Gasteiger partial charge is 0.465 e. The van der Waals surface area contributed by atoms with Crippen LogP contribution in [0.2, 0.25) is 0 Å². The predicted molar refractivity (Wildman–Crippen MR) is 135 cm³/mol. The van der Waals surface area contributed by atoms with Crippen LogP contribution in [0.1, 0.15) is 24.0 Å². The molecule has 0 aliphatic carbocycles. The van der Waals surface area contributed by atoms with Gasteiger partial charge >= 0.3 is 6.09 Å². The van der Waals surface area contributed by atoms with Gasteiger partial charge in [-0.25, -0.2) is 4.79 Å². The Balaban J connectivity index is 1.37. The summed E-state index contributed by atoms with van der Waals surface area (Å²) in [5, 5.41) is 25.9. The van der Waals surface area contributed by atoms with Gasteiger partial charge in [0.2, 0.25) is 5.91 Å². The number of rotatable bonds is 8. The van der Waals surface area contributed by atoms with Crippen molar-refractivity contribution in [2.75, 3.05) is 10.6 Å². The number of anilines is 2. The van der Waals surface area contributed by atoms with E-state index in [1.165, 1.54) is 0 Å². The van der Waals surface area contributed by atoms with Crippen molar-refractivity contribution in [3.8, 4) is 11.1 Å². The van der Waals surface area contributed by atoms with Gasteiger partial charge in [0.25, 0.3) is 0 Å². The molecular weight excluding hydrogens is 428 g/mol. The Morgan fingerprint density at radius 1 is 0.765 bits per heavy atom. The van der Waals surface area contributed by atoms with Crippen molar-refractivity contribution in [2.45, 2.75) is 25.9 Å². The van der Waals surface area contributed by atoms with Crippen molar-refractivity contribution in [1.82, 2.24) is 0 Å². The summed E-state index contributed by atoms with van der Waals surface area (Å²) in [6.45, 7) is -0.00271. The molecule has 0 aliphatic heterocycles. The zero-order chi connectivity index (χ0) is 23.9. The van der Waals surface area contributed by atoms with E-state index in [4.69, 9.17) is 0 Å². The Kier molecular flexibility index (Phi) is 7.20. The van der Waals surface area contributed by atoms with Crippen molar-refractivity contribution in [3.05, 3.63) is 96.1 Å². The average Bonchev–Trinajstić information content (AvgIpc) is 2.84. The standard InChI is InChI=1S/C28H26N2O4/c31-18-20-9-11-23-17-24(13-12-22(23)15-20)29-27(32)8-4-5-19-10-14-25(21-6-2-1-3-7-21)26(16-19)30-28(33)34/h1-3,6-7,9-17,30-31H,4-5,8,18H2,(H,29,32)(H,33,34). The van der Waals surface area contributed by atoms with Crippen LogP contribution in [0.4, 0.5) is 16.2 Å². The highest BCUT2D eigenvalue weighted by atomic mass is 16.4. The number of hydrogen-bond donors (Lipinski definition) is 4. The molecule has 0 unspecified atom stereocenters. The predicted octanol–water partition coefficient (Wildman–Crippen LogP) is 6.05. The molecule has 6 nitrogen and oxygen atoms in total. The summed E-state index contributed by atoms with van der Waals surface area (Å²) >= 11 is 0. The first kappa shape index (κ1) is 23.0. The average molecular weight is 455 g/mol. The quantitative estimate of drug-likeness (QED) is 0.260. The molecule has 172 valence electrons. The lowest BCUT2D eigenvalue weighted by Crippen LogP contribution is -2.11. The number of nitrogens with one attached hydrogen (secondary N) is 2. The first-order valence-electron chi connectivity index (χ1n) is 11.1. The Hall–Kier alpha value is -4.16. The van der Waals surface area contributed by atoms with Crippen molar-refractivity contribution >= 4 is 34.1 Å². The highest BCUT2D eigenvalue weighted by molar-refractivity contribution is 5.94. The van der Waals surface area contributed by atoms with Crippen molar-refractivity contribution in [2.24, 2.45) is 0 Å². The maximum atomic E-state index is 12.5. The number of aliphatic hydroxyl groups is 1. The number of fused-ring (bicyclic) bond motifs is 1. The Labute approximate surface area is 197 Å². The summed E-state index contributed by atoms with van der Waals surface area (Å²) < 4.78 is 0. The second kappa shape index (κ2) is 10.6. The number of carbonyl (C=O) groups is 2. The lowest BCUT2D eigenvalue weighted by atomic mass is 9.99. The van der Waals surface area contributed by atoms with Crippen LogP contribution in [0, 0.1) is 0 Å². The SMILES string of the molecule is O=C(O)Nc1cc(CCCC(=O)Nc2ccc3cc(CO)ccc3c2)ccc1-c1ccccc1. The van der Waals surface area contributed by atoms with Gasteiger partial charge in [-0.2, -0.15) is 0 Å². The van der Waals surface area contributed by atoms with Gasteiger partial charge < -0.3 is 15.5 Å². The Bertz CT molecular complexity index is 1320. The van der Waals surface area contributed by atoms with Crippen LogP contribution in [-0.2, 0) is 17.8 Å². The molecule has 0 saturated heterocycles. The highest BCUT2D eigenvalue weighted by Gasteiger charge is 2.10. The molecule has 4 N–H and O–H groups in total. The summed E-state index contributed by atoms with van der Waals surface area (Å²) in [6.07, 6.45) is 0.523. The molecule has 0 radical (unpaired) electrons. The van der Waals surface area contributed by atoms with Gasteiger partial charge in [0.1, 0.15) is 0 Å². The normalized spacial score (nSPS) is 10.7. The maximum Gasteiger partial charge on any atom is 0.409 e. The van der Waals surface area contributed by atoms with E-state index in [1.54, 1.807) is 0 Å². The molecule has 34 heavy (non-hydrogen) atoms. The second-order valence-corrected chi connectivity index (χ2v) is 8.13. The minimum Gasteiger partial charge on any atom is -0.465 e. The van der Waals surface area contributed by atoms with Crippen LogP contribution in [-0.4, -0.2) is 22.2 Å². The second-order valence-electron chi connectivity index (χ2n) is 8.13. The monoisotopic (exact) mass is 454 g/mol. The third-order valence-corrected chi connectivity index (χ3v) is 5.65. The summed E-state index contributed by atoms with van der Waals surface area (Å²) in [6, 6.07) is 26.7. The molecule has 0 atom stereocenters. The van der Waals surface area contributed by atoms with Gasteiger partial charge in [-0.3, -0.25) is 10.1 Å². The van der Waals surface area contributed by atoms with E-state index in [9.17, 15) is 19.8 Å². The number of carbonyl (C=O) groups excluding carboxylic acids is 1. The van der Waals surface area contributed by atoms with E-state index < -0.39 is 6.09 Å². The fourth-order valence-corrected chi connectivity index (χ4v) is 3.98. The molecule has 0 heterocycles. The highest BCUT2D eigenvalue weighted by Crippen LogP contribution is 2.29. The topological polar surface area (TPSA) is 98.7 Å². The number of carboxylic acid groups (broad SMARTS) is 1. The summed E-state index contributed by atoms with van der Waals surface area (Å²) in [7, 11) is 0. The van der Waals surface area contributed by atoms with Gasteiger partial charge in [0.05, 0.1) is 12.3 Å². The lowest BCUT2D eigenvalue weighted by molar-refractivity contribution is -0.116. The van der Waals surface area contributed by atoms with Gasteiger partial charge in [-0.15, -0.1) is 0 Å². The van der Waals surface area contributed by atoms with Crippen LogP contribution in [0.25, 0.3) is 21.9 Å². The van der Waals surface area contributed by atoms with E-state index in [2.05, 4.69) is 10.6 Å². The fraction of sp³-hybridized carbons (Fsp3) is 0.143. The van der Waals surface area contributed by atoms with E-state index in [0.717, 1.165) is 38.7 Å².